The van der Waals surface area contributed by atoms with Crippen molar-refractivity contribution in [1.29, 1.82) is 0 Å². The molecular formula is C8H14N+. The predicted octanol–water partition coefficient (Wildman–Crippen LogP) is 1.54. The van der Waals surface area contributed by atoms with Crippen molar-refractivity contribution in [2.45, 2.75) is 6.42 Å². The molecular weight excluding hydrogens is 110 g/mol. The number of hydrogen-bond donors (Lipinski definition) is 0. The molecule has 0 fully saturated rings. The molecule has 1 aliphatic heterocycles. The Morgan fingerprint density at radius 1 is 1.56 bits per heavy atom. The minimum atomic E-state index is 0.957. The molecule has 0 aliphatic carbocycles. The zero-order valence-corrected chi connectivity index (χ0v) is 6.22. The zero-order valence-electron chi connectivity index (χ0n) is 6.22. The van der Waals surface area contributed by atoms with E-state index in [0.717, 1.165) is 17.4 Å². The third-order valence-electron chi connectivity index (χ3n) is 1.55. The van der Waals surface area contributed by atoms with E-state index in [9.17, 15) is 0 Å². The molecule has 0 saturated heterocycles. The number of likely N-dealkylation sites (N-methyl/N-ethyl adjacent to an activating group) is 1. The molecule has 1 nitrogen and oxygen atoms in total. The largest absolute Gasteiger partial charge is 0.299 e. The molecule has 0 N–H and O–H groups in total. The molecule has 0 radical (unpaired) electrons. The Balaban J connectivity index is 2.71. The quantitative estimate of drug-likeness (QED) is 0.339. The third kappa shape index (κ3) is 1.68. The van der Waals surface area contributed by atoms with Gasteiger partial charge in [0.25, 0.3) is 0 Å². The topological polar surface area (TPSA) is 0 Å². The van der Waals surface area contributed by atoms with Crippen molar-refractivity contribution in [3.05, 3.63) is 24.4 Å². The van der Waals surface area contributed by atoms with Crippen LogP contribution in [0.5, 0.6) is 0 Å². The molecule has 1 rings (SSSR count). The second-order valence-corrected chi connectivity index (χ2v) is 3.28. The van der Waals surface area contributed by atoms with Gasteiger partial charge in [0, 0.05) is 0 Å². The summed E-state index contributed by atoms with van der Waals surface area (Å²) >= 11 is 0. The lowest BCUT2D eigenvalue weighted by atomic mass is 10.1. The lowest BCUT2D eigenvalue weighted by molar-refractivity contribution is -0.835. The van der Waals surface area contributed by atoms with E-state index in [1.54, 1.807) is 0 Å². The van der Waals surface area contributed by atoms with E-state index in [1.807, 2.05) is 0 Å². The Morgan fingerprint density at radius 2 is 2.22 bits per heavy atom. The maximum atomic E-state index is 3.94. The van der Waals surface area contributed by atoms with E-state index in [1.165, 1.54) is 5.57 Å². The van der Waals surface area contributed by atoms with Crippen LogP contribution in [0.15, 0.2) is 24.4 Å². The van der Waals surface area contributed by atoms with Crippen molar-refractivity contribution in [2.75, 3.05) is 20.6 Å². The summed E-state index contributed by atoms with van der Waals surface area (Å²) in [6.45, 7) is 5.04. The maximum absolute atomic E-state index is 3.94. The van der Waals surface area contributed by atoms with Gasteiger partial charge in [0.1, 0.15) is 6.54 Å². The van der Waals surface area contributed by atoms with E-state index in [4.69, 9.17) is 0 Å². The number of hydrogen-bond acceptors (Lipinski definition) is 0. The monoisotopic (exact) mass is 124 g/mol. The SMILES string of the molecule is C=C1CC=C[N+](C)(C)C1. The molecule has 0 saturated carbocycles. The minimum absolute atomic E-state index is 0.957. The van der Waals surface area contributed by atoms with Gasteiger partial charge in [-0.05, 0) is 18.1 Å². The lowest BCUT2D eigenvalue weighted by Gasteiger charge is -2.28. The van der Waals surface area contributed by atoms with Crippen LogP contribution in [0.25, 0.3) is 0 Å². The molecule has 1 heteroatoms. The summed E-state index contributed by atoms with van der Waals surface area (Å²) in [6, 6.07) is 0. The molecule has 0 aromatic carbocycles. The van der Waals surface area contributed by atoms with Crippen molar-refractivity contribution < 1.29 is 4.48 Å². The van der Waals surface area contributed by atoms with Crippen LogP contribution in [0.1, 0.15) is 6.42 Å². The summed E-state index contributed by atoms with van der Waals surface area (Å²) < 4.78 is 0.957. The molecule has 1 aliphatic rings. The van der Waals surface area contributed by atoms with Gasteiger partial charge in [0.15, 0.2) is 0 Å². The molecule has 0 atom stereocenters. The number of quaternary nitrogens is 1. The van der Waals surface area contributed by atoms with Crippen LogP contribution in [0, 0.1) is 0 Å². The van der Waals surface area contributed by atoms with Crippen LogP contribution in [0.4, 0.5) is 0 Å². The first kappa shape index (κ1) is 6.56. The summed E-state index contributed by atoms with van der Waals surface area (Å²) in [6.07, 6.45) is 5.47. The van der Waals surface area contributed by atoms with E-state index >= 15 is 0 Å². The first-order valence-corrected chi connectivity index (χ1v) is 3.27. The van der Waals surface area contributed by atoms with Crippen molar-refractivity contribution in [3.63, 3.8) is 0 Å². The Morgan fingerprint density at radius 3 is 2.56 bits per heavy atom. The van der Waals surface area contributed by atoms with Crippen LogP contribution in [0.2, 0.25) is 0 Å². The van der Waals surface area contributed by atoms with Gasteiger partial charge in [-0.15, -0.1) is 0 Å². The molecule has 0 bridgehead atoms. The fourth-order valence-electron chi connectivity index (χ4n) is 1.20. The molecule has 1 heterocycles. The Hall–Kier alpha value is -0.560. The van der Waals surface area contributed by atoms with Gasteiger partial charge in [-0.3, -0.25) is 4.48 Å². The number of allylic oxidation sites excluding steroid dienone is 1. The normalized spacial score (nSPS) is 24.4. The second kappa shape index (κ2) is 1.99. The minimum Gasteiger partial charge on any atom is -0.299 e. The van der Waals surface area contributed by atoms with Gasteiger partial charge < -0.3 is 0 Å². The standard InChI is InChI=1S/C8H14N/c1-8-5-4-6-9(2,3)7-8/h4,6H,1,5,7H2,2-3H3/q+1. The fourth-order valence-corrected chi connectivity index (χ4v) is 1.20. The van der Waals surface area contributed by atoms with Crippen molar-refractivity contribution >= 4 is 0 Å². The summed E-state index contributed by atoms with van der Waals surface area (Å²) in [5.41, 5.74) is 1.34. The van der Waals surface area contributed by atoms with Crippen molar-refractivity contribution in [2.24, 2.45) is 0 Å². The average Bonchev–Trinajstić information content (AvgIpc) is 1.60. The van der Waals surface area contributed by atoms with E-state index in [2.05, 4.69) is 33.0 Å². The predicted molar refractivity (Wildman–Crippen MR) is 39.9 cm³/mol. The maximum Gasteiger partial charge on any atom is 0.104 e. The average molecular weight is 124 g/mol. The van der Waals surface area contributed by atoms with Crippen LogP contribution in [0.3, 0.4) is 0 Å². The van der Waals surface area contributed by atoms with Gasteiger partial charge in [-0.2, -0.15) is 0 Å². The van der Waals surface area contributed by atoms with Gasteiger partial charge in [0.2, 0.25) is 0 Å². The van der Waals surface area contributed by atoms with Gasteiger partial charge in [-0.1, -0.05) is 6.58 Å². The van der Waals surface area contributed by atoms with Crippen molar-refractivity contribution in [1.82, 2.24) is 0 Å². The van der Waals surface area contributed by atoms with Crippen LogP contribution in [-0.4, -0.2) is 25.1 Å². The smallest absolute Gasteiger partial charge is 0.104 e. The van der Waals surface area contributed by atoms with E-state index in [-0.39, 0.29) is 0 Å². The highest BCUT2D eigenvalue weighted by Gasteiger charge is 2.15. The van der Waals surface area contributed by atoms with Gasteiger partial charge >= 0.3 is 0 Å². The molecule has 0 amide bonds. The van der Waals surface area contributed by atoms with Crippen LogP contribution in [-0.2, 0) is 0 Å². The number of nitrogens with zero attached hydrogens (tertiary/aromatic N) is 1. The lowest BCUT2D eigenvalue weighted by Crippen LogP contribution is -2.36. The first-order chi connectivity index (χ1) is 4.10. The van der Waals surface area contributed by atoms with Gasteiger partial charge in [0.05, 0.1) is 20.3 Å². The first-order valence-electron chi connectivity index (χ1n) is 3.27. The second-order valence-electron chi connectivity index (χ2n) is 3.28. The Labute approximate surface area is 56.9 Å². The highest BCUT2D eigenvalue weighted by molar-refractivity contribution is 5.04. The summed E-state index contributed by atoms with van der Waals surface area (Å²) in [5.74, 6) is 0. The molecule has 50 valence electrons. The molecule has 0 spiro atoms. The summed E-state index contributed by atoms with van der Waals surface area (Å²) in [4.78, 5) is 0. The van der Waals surface area contributed by atoms with E-state index < -0.39 is 0 Å². The van der Waals surface area contributed by atoms with Crippen molar-refractivity contribution in [3.8, 4) is 0 Å². The highest BCUT2D eigenvalue weighted by atomic mass is 15.3. The Bertz CT molecular complexity index is 154. The van der Waals surface area contributed by atoms with Crippen LogP contribution >= 0.6 is 0 Å². The summed E-state index contributed by atoms with van der Waals surface area (Å²) in [5, 5.41) is 0. The highest BCUT2D eigenvalue weighted by Crippen LogP contribution is 2.13. The summed E-state index contributed by atoms with van der Waals surface area (Å²) in [7, 11) is 4.36. The molecule has 0 aromatic heterocycles. The number of rotatable bonds is 0. The molecule has 0 aromatic rings. The Kier molecular flexibility index (Phi) is 1.45. The molecule has 0 unspecified atom stereocenters. The fraction of sp³-hybridized carbons (Fsp3) is 0.500. The van der Waals surface area contributed by atoms with Gasteiger partial charge in [-0.25, -0.2) is 0 Å². The van der Waals surface area contributed by atoms with Crippen LogP contribution < -0.4 is 0 Å². The zero-order chi connectivity index (χ0) is 6.91. The molecule has 9 heavy (non-hydrogen) atoms. The van der Waals surface area contributed by atoms with E-state index in [0.29, 0.717) is 0 Å². The third-order valence-corrected chi connectivity index (χ3v) is 1.55.